The van der Waals surface area contributed by atoms with Gasteiger partial charge in [-0.3, -0.25) is 0 Å². The van der Waals surface area contributed by atoms with E-state index in [1.165, 1.54) is 18.4 Å². The van der Waals surface area contributed by atoms with Gasteiger partial charge in [0.25, 0.3) is 0 Å². The Labute approximate surface area is 137 Å². The lowest BCUT2D eigenvalue weighted by atomic mass is 9.80. The first-order valence-corrected chi connectivity index (χ1v) is 8.46. The number of fused-ring (bicyclic) bond motifs is 1. The zero-order chi connectivity index (χ0) is 15.9. The molecule has 0 spiro atoms. The van der Waals surface area contributed by atoms with Crippen molar-refractivity contribution < 1.29 is 4.52 Å². The van der Waals surface area contributed by atoms with Crippen molar-refractivity contribution in [2.45, 2.75) is 31.2 Å². The third-order valence-corrected chi connectivity index (χ3v) is 5.35. The lowest BCUT2D eigenvalue weighted by Gasteiger charge is -2.22. The molecule has 1 saturated carbocycles. The van der Waals surface area contributed by atoms with E-state index in [-0.39, 0.29) is 5.41 Å². The fourth-order valence-corrected chi connectivity index (χ4v) is 4.17. The highest BCUT2D eigenvalue weighted by Crippen LogP contribution is 2.47. The standard InChI is InChI=1S/C18H24N4O/c1-22(2)11-13-5-7-14(8-6-13)16-20-17(23-21-16)18-9-3-4-15(18)10-19-12-18/h5-8,15,19H,3-4,9-12H2,1-2H3/t15-,18-/m1/s1. The molecule has 0 unspecified atom stereocenters. The quantitative estimate of drug-likeness (QED) is 0.940. The predicted octanol–water partition coefficient (Wildman–Crippen LogP) is 2.44. The van der Waals surface area contributed by atoms with Crippen molar-refractivity contribution in [3.63, 3.8) is 0 Å². The lowest BCUT2D eigenvalue weighted by molar-refractivity contribution is 0.265. The van der Waals surface area contributed by atoms with Crippen molar-refractivity contribution in [2.75, 3.05) is 27.2 Å². The van der Waals surface area contributed by atoms with Crippen molar-refractivity contribution in [1.82, 2.24) is 20.4 Å². The van der Waals surface area contributed by atoms with Crippen molar-refractivity contribution in [3.05, 3.63) is 35.7 Å². The summed E-state index contributed by atoms with van der Waals surface area (Å²) in [5.74, 6) is 2.19. The normalized spacial score (nSPS) is 26.8. The number of nitrogens with one attached hydrogen (secondary N) is 1. The number of rotatable bonds is 4. The van der Waals surface area contributed by atoms with Gasteiger partial charge in [0, 0.05) is 18.7 Å². The molecule has 122 valence electrons. The summed E-state index contributed by atoms with van der Waals surface area (Å²) in [4.78, 5) is 6.92. The number of nitrogens with zero attached hydrogens (tertiary/aromatic N) is 3. The summed E-state index contributed by atoms with van der Waals surface area (Å²) in [6, 6.07) is 8.45. The minimum absolute atomic E-state index is 0.0795. The average molecular weight is 312 g/mol. The molecule has 1 saturated heterocycles. The van der Waals surface area contributed by atoms with Gasteiger partial charge in [0.1, 0.15) is 0 Å². The summed E-state index contributed by atoms with van der Waals surface area (Å²) in [7, 11) is 4.15. The predicted molar refractivity (Wildman–Crippen MR) is 89.0 cm³/mol. The minimum Gasteiger partial charge on any atom is -0.338 e. The summed E-state index contributed by atoms with van der Waals surface area (Å²) in [5, 5.41) is 7.76. The molecule has 2 aromatic rings. The van der Waals surface area contributed by atoms with Crippen LogP contribution in [0.3, 0.4) is 0 Å². The number of hydrogen-bond acceptors (Lipinski definition) is 5. The van der Waals surface area contributed by atoms with Gasteiger partial charge >= 0.3 is 0 Å². The first-order chi connectivity index (χ1) is 11.2. The van der Waals surface area contributed by atoms with Crippen LogP contribution in [0.15, 0.2) is 28.8 Å². The Morgan fingerprint density at radius 2 is 2.13 bits per heavy atom. The Kier molecular flexibility index (Phi) is 3.70. The Hall–Kier alpha value is -1.72. The monoisotopic (exact) mass is 312 g/mol. The van der Waals surface area contributed by atoms with E-state index < -0.39 is 0 Å². The molecule has 0 amide bonds. The molecule has 1 N–H and O–H groups in total. The molecule has 1 aliphatic heterocycles. The molecule has 0 bridgehead atoms. The molecule has 23 heavy (non-hydrogen) atoms. The van der Waals surface area contributed by atoms with Crippen LogP contribution in [0.5, 0.6) is 0 Å². The summed E-state index contributed by atoms with van der Waals surface area (Å²) in [6.45, 7) is 2.99. The van der Waals surface area contributed by atoms with E-state index in [1.54, 1.807) is 0 Å². The molecule has 5 nitrogen and oxygen atoms in total. The largest absolute Gasteiger partial charge is 0.338 e. The van der Waals surface area contributed by atoms with Crippen LogP contribution < -0.4 is 5.32 Å². The molecule has 1 aromatic carbocycles. The Balaban J connectivity index is 1.58. The highest BCUT2D eigenvalue weighted by atomic mass is 16.5. The van der Waals surface area contributed by atoms with E-state index in [0.29, 0.717) is 11.7 Å². The van der Waals surface area contributed by atoms with E-state index in [9.17, 15) is 0 Å². The van der Waals surface area contributed by atoms with Crippen LogP contribution in [0, 0.1) is 5.92 Å². The van der Waals surface area contributed by atoms with E-state index >= 15 is 0 Å². The van der Waals surface area contributed by atoms with Crippen LogP contribution in [-0.4, -0.2) is 42.2 Å². The van der Waals surface area contributed by atoms with Crippen LogP contribution in [0.25, 0.3) is 11.4 Å². The van der Waals surface area contributed by atoms with Crippen LogP contribution >= 0.6 is 0 Å². The van der Waals surface area contributed by atoms with Crippen LogP contribution in [0.4, 0.5) is 0 Å². The molecule has 1 aromatic heterocycles. The van der Waals surface area contributed by atoms with Gasteiger partial charge in [0.15, 0.2) is 0 Å². The smallest absolute Gasteiger partial charge is 0.234 e. The van der Waals surface area contributed by atoms with Crippen LogP contribution in [0.1, 0.15) is 30.7 Å². The molecule has 1 aliphatic carbocycles. The van der Waals surface area contributed by atoms with Crippen LogP contribution in [0.2, 0.25) is 0 Å². The Morgan fingerprint density at radius 1 is 1.30 bits per heavy atom. The Bertz CT molecular complexity index is 667. The van der Waals surface area contributed by atoms with Crippen molar-refractivity contribution >= 4 is 0 Å². The number of benzene rings is 1. The zero-order valence-electron chi connectivity index (χ0n) is 13.9. The van der Waals surface area contributed by atoms with Crippen molar-refractivity contribution in [2.24, 2.45) is 5.92 Å². The molecule has 4 rings (SSSR count). The molecular formula is C18H24N4O. The summed E-state index contributed by atoms with van der Waals surface area (Å²) < 4.78 is 5.69. The van der Waals surface area contributed by atoms with Gasteiger partial charge in [-0.2, -0.15) is 4.98 Å². The second-order valence-corrected chi connectivity index (χ2v) is 7.23. The molecule has 5 heteroatoms. The molecule has 2 atom stereocenters. The van der Waals surface area contributed by atoms with Gasteiger partial charge in [-0.1, -0.05) is 35.8 Å². The van der Waals surface area contributed by atoms with Crippen LogP contribution in [-0.2, 0) is 12.0 Å². The highest BCUT2D eigenvalue weighted by molar-refractivity contribution is 5.54. The molecule has 2 heterocycles. The van der Waals surface area contributed by atoms with E-state index in [2.05, 4.69) is 53.7 Å². The third-order valence-electron chi connectivity index (χ3n) is 5.35. The van der Waals surface area contributed by atoms with Gasteiger partial charge < -0.3 is 14.7 Å². The third kappa shape index (κ3) is 2.58. The van der Waals surface area contributed by atoms with Gasteiger partial charge in [0.05, 0.1) is 5.41 Å². The summed E-state index contributed by atoms with van der Waals surface area (Å²) in [6.07, 6.45) is 3.70. The second-order valence-electron chi connectivity index (χ2n) is 7.23. The minimum atomic E-state index is 0.0795. The Morgan fingerprint density at radius 3 is 2.91 bits per heavy atom. The first kappa shape index (κ1) is 14.8. The van der Waals surface area contributed by atoms with Crippen molar-refractivity contribution in [3.8, 4) is 11.4 Å². The topological polar surface area (TPSA) is 54.2 Å². The first-order valence-electron chi connectivity index (χ1n) is 8.46. The highest BCUT2D eigenvalue weighted by Gasteiger charge is 2.51. The van der Waals surface area contributed by atoms with E-state index in [4.69, 9.17) is 9.51 Å². The lowest BCUT2D eigenvalue weighted by Crippen LogP contribution is -2.31. The van der Waals surface area contributed by atoms with Gasteiger partial charge in [0.2, 0.25) is 11.7 Å². The maximum Gasteiger partial charge on any atom is 0.234 e. The number of hydrogen-bond donors (Lipinski definition) is 1. The molecule has 2 fully saturated rings. The summed E-state index contributed by atoms with van der Waals surface area (Å²) in [5.41, 5.74) is 2.40. The number of aromatic nitrogens is 2. The molecule has 0 radical (unpaired) electrons. The maximum absolute atomic E-state index is 5.69. The SMILES string of the molecule is CN(C)Cc1ccc(-c2noc([C@@]34CCC[C@@H]3CNC4)n2)cc1. The second kappa shape index (κ2) is 5.73. The fraction of sp³-hybridized carbons (Fsp3) is 0.556. The maximum atomic E-state index is 5.69. The van der Waals surface area contributed by atoms with E-state index in [1.807, 2.05) is 0 Å². The van der Waals surface area contributed by atoms with Gasteiger partial charge in [-0.05, 0) is 45.0 Å². The van der Waals surface area contributed by atoms with Gasteiger partial charge in [-0.15, -0.1) is 0 Å². The molecular weight excluding hydrogens is 288 g/mol. The van der Waals surface area contributed by atoms with Crippen molar-refractivity contribution in [1.29, 1.82) is 0 Å². The average Bonchev–Trinajstić information content (AvgIpc) is 3.22. The zero-order valence-corrected chi connectivity index (χ0v) is 13.9. The molecule has 2 aliphatic rings. The van der Waals surface area contributed by atoms with Gasteiger partial charge in [-0.25, -0.2) is 0 Å². The van der Waals surface area contributed by atoms with E-state index in [0.717, 1.165) is 37.5 Å². The summed E-state index contributed by atoms with van der Waals surface area (Å²) >= 11 is 0. The fourth-order valence-electron chi connectivity index (χ4n) is 4.17.